The highest BCUT2D eigenvalue weighted by molar-refractivity contribution is 5.76. The maximum absolute atomic E-state index is 12.7. The topological polar surface area (TPSA) is 52.6 Å². The van der Waals surface area contributed by atoms with Crippen LogP contribution in [0.15, 0.2) is 18.2 Å². The maximum atomic E-state index is 12.7. The molecule has 0 aliphatic rings. The average molecular weight is 517 g/mol. The second-order valence-corrected chi connectivity index (χ2v) is 10.6. The zero-order valence-electron chi connectivity index (χ0n) is 24.4. The summed E-state index contributed by atoms with van der Waals surface area (Å²) in [6.07, 6.45) is 23.8. The summed E-state index contributed by atoms with van der Waals surface area (Å²) in [5, 5.41) is 0. The monoisotopic (exact) mass is 516 g/mol. The second-order valence-electron chi connectivity index (χ2n) is 10.6. The predicted molar refractivity (Wildman–Crippen MR) is 155 cm³/mol. The molecular weight excluding hydrogens is 460 g/mol. The van der Waals surface area contributed by atoms with Crippen LogP contribution >= 0.6 is 0 Å². The number of carbonyl (C=O) groups excluding carboxylic acids is 2. The molecule has 0 aliphatic carbocycles. The number of carbonyl (C=O) groups is 2. The summed E-state index contributed by atoms with van der Waals surface area (Å²) < 4.78 is 11.6. The molecule has 0 heterocycles. The van der Waals surface area contributed by atoms with E-state index in [0.29, 0.717) is 24.3 Å². The summed E-state index contributed by atoms with van der Waals surface area (Å²) in [5.41, 5.74) is 0.967. The zero-order valence-corrected chi connectivity index (χ0v) is 24.4. The first-order chi connectivity index (χ1) is 18.1. The van der Waals surface area contributed by atoms with E-state index >= 15 is 0 Å². The number of unbranched alkanes of at least 4 members (excludes halogenated alkanes) is 16. The van der Waals surface area contributed by atoms with Crippen molar-refractivity contribution < 1.29 is 19.1 Å². The van der Waals surface area contributed by atoms with Crippen LogP contribution in [-0.2, 0) is 16.0 Å². The van der Waals surface area contributed by atoms with Gasteiger partial charge < -0.3 is 9.47 Å². The minimum Gasteiger partial charge on any atom is -0.423 e. The molecule has 0 atom stereocenters. The third-order valence-electron chi connectivity index (χ3n) is 7.02. The van der Waals surface area contributed by atoms with Crippen molar-refractivity contribution in [2.75, 3.05) is 0 Å². The molecule has 1 aromatic rings. The van der Waals surface area contributed by atoms with Crippen LogP contribution in [0.25, 0.3) is 0 Å². The molecule has 4 heteroatoms. The fourth-order valence-corrected chi connectivity index (χ4v) is 4.66. The minimum atomic E-state index is -0.239. The number of rotatable bonds is 24. The molecule has 0 unspecified atom stereocenters. The van der Waals surface area contributed by atoms with E-state index in [0.717, 1.165) is 63.4 Å². The third kappa shape index (κ3) is 17.3. The lowest BCUT2D eigenvalue weighted by atomic mass is 10.0. The van der Waals surface area contributed by atoms with E-state index in [1.165, 1.54) is 70.6 Å². The Morgan fingerprint density at radius 2 is 0.973 bits per heavy atom. The van der Waals surface area contributed by atoms with Gasteiger partial charge in [-0.3, -0.25) is 9.59 Å². The van der Waals surface area contributed by atoms with E-state index in [4.69, 9.17) is 9.47 Å². The van der Waals surface area contributed by atoms with Crippen molar-refractivity contribution in [3.8, 4) is 11.5 Å². The molecule has 0 saturated carbocycles. The van der Waals surface area contributed by atoms with Gasteiger partial charge in [0.25, 0.3) is 0 Å². The summed E-state index contributed by atoms with van der Waals surface area (Å²) in [6, 6.07) is 5.69. The Morgan fingerprint density at radius 1 is 0.541 bits per heavy atom. The van der Waals surface area contributed by atoms with E-state index in [9.17, 15) is 9.59 Å². The number of esters is 2. The van der Waals surface area contributed by atoms with Crippen LogP contribution < -0.4 is 9.47 Å². The summed E-state index contributed by atoms with van der Waals surface area (Å²) in [5.74, 6) is 0.390. The summed E-state index contributed by atoms with van der Waals surface area (Å²) >= 11 is 0. The molecule has 0 fully saturated rings. The molecular formula is C33H56O4. The van der Waals surface area contributed by atoms with Crippen LogP contribution in [0.1, 0.15) is 161 Å². The number of hydrogen-bond donors (Lipinski definition) is 0. The average Bonchev–Trinajstić information content (AvgIpc) is 2.89. The standard InChI is InChI=1S/C33H56O4/c1-4-7-10-13-16-17-20-24-29-25-23-26-30(36-31(34)27-21-18-14-11-8-5-2)33(29)37-32(35)28-22-19-15-12-9-6-3/h23,25-26H,4-22,24,27-28H2,1-3H3. The lowest BCUT2D eigenvalue weighted by molar-refractivity contribution is -0.137. The van der Waals surface area contributed by atoms with Crippen LogP contribution in [-0.4, -0.2) is 11.9 Å². The van der Waals surface area contributed by atoms with Crippen molar-refractivity contribution in [3.05, 3.63) is 23.8 Å². The summed E-state index contributed by atoms with van der Waals surface area (Å²) in [6.45, 7) is 6.65. The molecule has 0 aromatic heterocycles. The highest BCUT2D eigenvalue weighted by atomic mass is 16.6. The number of ether oxygens (including phenoxy) is 2. The summed E-state index contributed by atoms with van der Waals surface area (Å²) in [7, 11) is 0. The number of benzene rings is 1. The Bertz CT molecular complexity index is 712. The Kier molecular flexibility index (Phi) is 20.9. The fraction of sp³-hybridized carbons (Fsp3) is 0.758. The first-order valence-electron chi connectivity index (χ1n) is 15.7. The number of aryl methyl sites for hydroxylation is 1. The van der Waals surface area contributed by atoms with Gasteiger partial charge in [-0.1, -0.05) is 136 Å². The third-order valence-corrected chi connectivity index (χ3v) is 7.02. The van der Waals surface area contributed by atoms with Crippen LogP contribution in [0.3, 0.4) is 0 Å². The molecule has 4 nitrogen and oxygen atoms in total. The van der Waals surface area contributed by atoms with Crippen molar-refractivity contribution in [1.82, 2.24) is 0 Å². The van der Waals surface area contributed by atoms with Gasteiger partial charge in [-0.2, -0.15) is 0 Å². The van der Waals surface area contributed by atoms with Gasteiger partial charge in [-0.25, -0.2) is 0 Å². The van der Waals surface area contributed by atoms with E-state index in [1.54, 1.807) is 6.07 Å². The highest BCUT2D eigenvalue weighted by Gasteiger charge is 2.18. The summed E-state index contributed by atoms with van der Waals surface area (Å²) in [4.78, 5) is 25.3. The molecule has 0 amide bonds. The van der Waals surface area contributed by atoms with Gasteiger partial charge in [-0.15, -0.1) is 0 Å². The predicted octanol–water partition coefficient (Wildman–Crippen LogP) is 10.3. The van der Waals surface area contributed by atoms with Gasteiger partial charge >= 0.3 is 11.9 Å². The van der Waals surface area contributed by atoms with Crippen molar-refractivity contribution in [3.63, 3.8) is 0 Å². The first-order valence-corrected chi connectivity index (χ1v) is 15.7. The lowest BCUT2D eigenvalue weighted by Gasteiger charge is -2.15. The Hall–Kier alpha value is -1.84. The van der Waals surface area contributed by atoms with Crippen molar-refractivity contribution in [2.45, 2.75) is 162 Å². The van der Waals surface area contributed by atoms with E-state index in [-0.39, 0.29) is 11.9 Å². The fourth-order valence-electron chi connectivity index (χ4n) is 4.66. The molecule has 0 bridgehead atoms. The molecule has 0 N–H and O–H groups in total. The van der Waals surface area contributed by atoms with Crippen molar-refractivity contribution in [2.24, 2.45) is 0 Å². The Balaban J connectivity index is 2.68. The van der Waals surface area contributed by atoms with E-state index in [2.05, 4.69) is 20.8 Å². The maximum Gasteiger partial charge on any atom is 0.311 e. The van der Waals surface area contributed by atoms with Gasteiger partial charge in [0.15, 0.2) is 11.5 Å². The molecule has 1 aromatic carbocycles. The number of hydrogen-bond acceptors (Lipinski definition) is 4. The molecule has 0 spiro atoms. The van der Waals surface area contributed by atoms with Crippen molar-refractivity contribution in [1.29, 1.82) is 0 Å². The highest BCUT2D eigenvalue weighted by Crippen LogP contribution is 2.33. The van der Waals surface area contributed by atoms with Gasteiger partial charge in [0.1, 0.15) is 0 Å². The molecule has 212 valence electrons. The normalized spacial score (nSPS) is 11.0. The SMILES string of the molecule is CCCCCCCCCc1cccc(OC(=O)CCCCCCCC)c1OC(=O)CCCCCCCC. The number of para-hydroxylation sites is 1. The minimum absolute atomic E-state index is 0.226. The van der Waals surface area contributed by atoms with Crippen LogP contribution in [0.2, 0.25) is 0 Å². The lowest BCUT2D eigenvalue weighted by Crippen LogP contribution is -2.13. The molecule has 37 heavy (non-hydrogen) atoms. The second kappa shape index (κ2) is 23.3. The van der Waals surface area contributed by atoms with Crippen LogP contribution in [0.5, 0.6) is 11.5 Å². The molecule has 0 radical (unpaired) electrons. The molecule has 0 aliphatic heterocycles. The van der Waals surface area contributed by atoms with Gasteiger partial charge in [0, 0.05) is 12.8 Å². The molecule has 0 saturated heterocycles. The van der Waals surface area contributed by atoms with Crippen LogP contribution in [0.4, 0.5) is 0 Å². The Labute approximate surface area is 228 Å². The molecule has 1 rings (SSSR count). The largest absolute Gasteiger partial charge is 0.423 e. The smallest absolute Gasteiger partial charge is 0.311 e. The zero-order chi connectivity index (χ0) is 27.0. The van der Waals surface area contributed by atoms with E-state index < -0.39 is 0 Å². The van der Waals surface area contributed by atoms with Crippen LogP contribution in [0, 0.1) is 0 Å². The van der Waals surface area contributed by atoms with Gasteiger partial charge in [0.2, 0.25) is 0 Å². The Morgan fingerprint density at radius 3 is 1.49 bits per heavy atom. The van der Waals surface area contributed by atoms with E-state index in [1.807, 2.05) is 12.1 Å². The first kappa shape index (κ1) is 33.2. The van der Waals surface area contributed by atoms with Gasteiger partial charge in [0.05, 0.1) is 0 Å². The van der Waals surface area contributed by atoms with Crippen molar-refractivity contribution >= 4 is 11.9 Å². The van der Waals surface area contributed by atoms with Gasteiger partial charge in [-0.05, 0) is 37.3 Å². The quantitative estimate of drug-likeness (QED) is 0.0779.